The molecule has 0 aliphatic rings. The lowest BCUT2D eigenvalue weighted by molar-refractivity contribution is -0.117. The van der Waals surface area contributed by atoms with E-state index in [2.05, 4.69) is 33.8 Å². The van der Waals surface area contributed by atoms with E-state index in [1.54, 1.807) is 6.92 Å². The largest absolute Gasteiger partial charge is 0.445 e. The van der Waals surface area contributed by atoms with Gasteiger partial charge in [0, 0.05) is 10.9 Å². The summed E-state index contributed by atoms with van der Waals surface area (Å²) in [5.41, 5.74) is 5.00. The summed E-state index contributed by atoms with van der Waals surface area (Å²) in [6, 6.07) is 14.8. The van der Waals surface area contributed by atoms with Crippen molar-refractivity contribution in [1.29, 1.82) is 0 Å². The monoisotopic (exact) mass is 409 g/mol. The van der Waals surface area contributed by atoms with Gasteiger partial charge in [-0.05, 0) is 38.0 Å². The molecule has 0 spiro atoms. The molecule has 3 aromatic rings. The zero-order valence-electron chi connectivity index (χ0n) is 16.6. The SMILES string of the molecule is Cc1ccc(C)c(-c2csc(NC(=O)[C@H](C)NC(=O)OCc3ccccc3)n2)c1. The van der Waals surface area contributed by atoms with E-state index >= 15 is 0 Å². The Labute approximate surface area is 173 Å². The number of nitrogens with zero attached hydrogens (tertiary/aromatic N) is 1. The average molecular weight is 410 g/mol. The molecule has 0 fully saturated rings. The predicted octanol–water partition coefficient (Wildman–Crippen LogP) is 4.68. The molecule has 150 valence electrons. The minimum Gasteiger partial charge on any atom is -0.445 e. The normalized spacial score (nSPS) is 11.6. The van der Waals surface area contributed by atoms with Crippen LogP contribution in [0.2, 0.25) is 0 Å². The van der Waals surface area contributed by atoms with E-state index in [1.165, 1.54) is 11.3 Å². The first-order valence-electron chi connectivity index (χ1n) is 9.23. The fourth-order valence-corrected chi connectivity index (χ4v) is 3.40. The predicted molar refractivity (Wildman–Crippen MR) is 115 cm³/mol. The van der Waals surface area contributed by atoms with Crippen LogP contribution in [0.15, 0.2) is 53.9 Å². The van der Waals surface area contributed by atoms with Crippen LogP contribution in [0.1, 0.15) is 23.6 Å². The van der Waals surface area contributed by atoms with Crippen LogP contribution < -0.4 is 10.6 Å². The van der Waals surface area contributed by atoms with E-state index < -0.39 is 12.1 Å². The number of aryl methyl sites for hydroxylation is 2. The van der Waals surface area contributed by atoms with Crippen LogP contribution in [0.3, 0.4) is 0 Å². The lowest BCUT2D eigenvalue weighted by Gasteiger charge is -2.13. The van der Waals surface area contributed by atoms with Gasteiger partial charge in [0.1, 0.15) is 12.6 Å². The van der Waals surface area contributed by atoms with Gasteiger partial charge in [-0.3, -0.25) is 4.79 Å². The number of aromatic nitrogens is 1. The molecule has 2 N–H and O–H groups in total. The van der Waals surface area contributed by atoms with Crippen molar-refractivity contribution in [3.05, 3.63) is 70.6 Å². The summed E-state index contributed by atoms with van der Waals surface area (Å²) in [5.74, 6) is -0.358. The van der Waals surface area contributed by atoms with E-state index in [0.29, 0.717) is 5.13 Å². The number of anilines is 1. The highest BCUT2D eigenvalue weighted by Crippen LogP contribution is 2.28. The summed E-state index contributed by atoms with van der Waals surface area (Å²) in [6.07, 6.45) is -0.647. The smallest absolute Gasteiger partial charge is 0.408 e. The lowest BCUT2D eigenvalue weighted by Crippen LogP contribution is -2.41. The Hall–Kier alpha value is -3.19. The molecule has 7 heteroatoms. The van der Waals surface area contributed by atoms with Crippen LogP contribution in [0, 0.1) is 13.8 Å². The quantitative estimate of drug-likeness (QED) is 0.619. The fourth-order valence-electron chi connectivity index (χ4n) is 2.69. The van der Waals surface area contributed by atoms with Gasteiger partial charge >= 0.3 is 6.09 Å². The highest BCUT2D eigenvalue weighted by atomic mass is 32.1. The molecule has 0 radical (unpaired) electrons. The zero-order chi connectivity index (χ0) is 20.8. The molecule has 1 aromatic heterocycles. The van der Waals surface area contributed by atoms with Crippen molar-refractivity contribution in [3.63, 3.8) is 0 Å². The molecule has 1 heterocycles. The maximum atomic E-state index is 12.4. The molecule has 0 bridgehead atoms. The van der Waals surface area contributed by atoms with Crippen LogP contribution in [0.4, 0.5) is 9.93 Å². The fraction of sp³-hybridized carbons (Fsp3) is 0.227. The topological polar surface area (TPSA) is 80.3 Å². The van der Waals surface area contributed by atoms with Gasteiger partial charge < -0.3 is 15.4 Å². The number of carbonyl (C=O) groups excluding carboxylic acids is 2. The highest BCUT2D eigenvalue weighted by molar-refractivity contribution is 7.14. The average Bonchev–Trinajstić information content (AvgIpc) is 3.17. The summed E-state index contributed by atoms with van der Waals surface area (Å²) in [7, 11) is 0. The third-order valence-electron chi connectivity index (χ3n) is 4.34. The molecule has 29 heavy (non-hydrogen) atoms. The van der Waals surface area contributed by atoms with Crippen molar-refractivity contribution in [2.75, 3.05) is 5.32 Å². The maximum Gasteiger partial charge on any atom is 0.408 e. The molecule has 0 aliphatic heterocycles. The first kappa shape index (κ1) is 20.5. The van der Waals surface area contributed by atoms with Crippen LogP contribution >= 0.6 is 11.3 Å². The number of hydrogen-bond donors (Lipinski definition) is 2. The van der Waals surface area contributed by atoms with Crippen molar-refractivity contribution >= 4 is 28.5 Å². The van der Waals surface area contributed by atoms with Crippen LogP contribution in [0.25, 0.3) is 11.3 Å². The summed E-state index contributed by atoms with van der Waals surface area (Å²) in [4.78, 5) is 28.8. The second-order valence-electron chi connectivity index (χ2n) is 6.77. The van der Waals surface area contributed by atoms with Gasteiger partial charge in [-0.25, -0.2) is 9.78 Å². The van der Waals surface area contributed by atoms with Crippen LogP contribution in [-0.4, -0.2) is 23.0 Å². The molecule has 0 aliphatic carbocycles. The number of nitrogens with one attached hydrogen (secondary N) is 2. The zero-order valence-corrected chi connectivity index (χ0v) is 17.4. The minimum absolute atomic E-state index is 0.146. The van der Waals surface area contributed by atoms with Gasteiger partial charge in [0.15, 0.2) is 5.13 Å². The first-order valence-corrected chi connectivity index (χ1v) is 10.1. The van der Waals surface area contributed by atoms with Gasteiger partial charge in [0.25, 0.3) is 0 Å². The van der Waals surface area contributed by atoms with Crippen LogP contribution in [-0.2, 0) is 16.1 Å². The Morgan fingerprint density at radius 1 is 1.14 bits per heavy atom. The number of benzene rings is 2. The maximum absolute atomic E-state index is 12.4. The standard InChI is InChI=1S/C22H23N3O3S/c1-14-9-10-15(2)18(11-14)19-13-29-21(24-19)25-20(26)16(3)23-22(27)28-12-17-7-5-4-6-8-17/h4-11,13,16H,12H2,1-3H3,(H,23,27)(H,24,25,26)/t16-/m0/s1. The summed E-state index contributed by atoms with van der Waals surface area (Å²) < 4.78 is 5.14. The second kappa shape index (κ2) is 9.34. The van der Waals surface area contributed by atoms with E-state index in [4.69, 9.17) is 4.74 Å². The number of carbonyl (C=O) groups is 2. The van der Waals surface area contributed by atoms with Crippen molar-refractivity contribution in [3.8, 4) is 11.3 Å². The van der Waals surface area contributed by atoms with Crippen molar-refractivity contribution in [2.45, 2.75) is 33.4 Å². The number of ether oxygens (including phenoxy) is 1. The Morgan fingerprint density at radius 3 is 2.66 bits per heavy atom. The molecule has 1 atom stereocenters. The Kier molecular flexibility index (Phi) is 6.61. The highest BCUT2D eigenvalue weighted by Gasteiger charge is 2.18. The number of rotatable bonds is 6. The number of amides is 2. The van der Waals surface area contributed by atoms with Crippen LogP contribution in [0.5, 0.6) is 0 Å². The molecule has 2 amide bonds. The molecule has 2 aromatic carbocycles. The summed E-state index contributed by atoms with van der Waals surface area (Å²) >= 11 is 1.34. The van der Waals surface area contributed by atoms with E-state index in [-0.39, 0.29) is 12.5 Å². The number of alkyl carbamates (subject to hydrolysis) is 1. The molecule has 6 nitrogen and oxygen atoms in total. The van der Waals surface area contributed by atoms with Gasteiger partial charge in [-0.1, -0.05) is 48.0 Å². The lowest BCUT2D eigenvalue weighted by atomic mass is 10.0. The minimum atomic E-state index is -0.758. The van der Waals surface area contributed by atoms with E-state index in [0.717, 1.165) is 27.9 Å². The number of thiazole rings is 1. The van der Waals surface area contributed by atoms with E-state index in [1.807, 2.05) is 49.6 Å². The van der Waals surface area contributed by atoms with Gasteiger partial charge in [0.2, 0.25) is 5.91 Å². The summed E-state index contributed by atoms with van der Waals surface area (Å²) in [5, 5.41) is 7.66. The Morgan fingerprint density at radius 2 is 1.90 bits per heavy atom. The third-order valence-corrected chi connectivity index (χ3v) is 5.10. The molecular weight excluding hydrogens is 386 g/mol. The third kappa shape index (κ3) is 5.65. The molecule has 0 saturated carbocycles. The van der Waals surface area contributed by atoms with Gasteiger partial charge in [0.05, 0.1) is 5.69 Å². The second-order valence-corrected chi connectivity index (χ2v) is 7.63. The van der Waals surface area contributed by atoms with Crippen molar-refractivity contribution in [2.24, 2.45) is 0 Å². The summed E-state index contributed by atoms with van der Waals surface area (Å²) in [6.45, 7) is 5.80. The van der Waals surface area contributed by atoms with Crippen molar-refractivity contribution in [1.82, 2.24) is 10.3 Å². The first-order chi connectivity index (χ1) is 13.9. The van der Waals surface area contributed by atoms with Crippen molar-refractivity contribution < 1.29 is 14.3 Å². The van der Waals surface area contributed by atoms with E-state index in [9.17, 15) is 9.59 Å². The molecule has 0 saturated heterocycles. The number of hydrogen-bond acceptors (Lipinski definition) is 5. The molecule has 0 unspecified atom stereocenters. The Balaban J connectivity index is 1.54. The Bertz CT molecular complexity index is 1000. The van der Waals surface area contributed by atoms with Gasteiger partial charge in [-0.15, -0.1) is 11.3 Å². The molecule has 3 rings (SSSR count). The molecular formula is C22H23N3O3S. The van der Waals surface area contributed by atoms with Gasteiger partial charge in [-0.2, -0.15) is 0 Å².